The molecule has 29 heavy (non-hydrogen) atoms. The van der Waals surface area contributed by atoms with Crippen LogP contribution in [0.3, 0.4) is 0 Å². The number of hydrogen-bond acceptors (Lipinski definition) is 5. The first-order valence-corrected chi connectivity index (χ1v) is 8.41. The molecule has 2 N–H and O–H groups in total. The molecule has 0 radical (unpaired) electrons. The summed E-state index contributed by atoms with van der Waals surface area (Å²) in [6.07, 6.45) is -4.75. The smallest absolute Gasteiger partial charge is 0.508 e. The third-order valence-electron chi connectivity index (χ3n) is 4.40. The Labute approximate surface area is 178 Å². The van der Waals surface area contributed by atoms with E-state index >= 15 is 0 Å². The van der Waals surface area contributed by atoms with Crippen molar-refractivity contribution >= 4 is 24.8 Å². The van der Waals surface area contributed by atoms with E-state index < -0.39 is 6.36 Å². The van der Waals surface area contributed by atoms with Gasteiger partial charge in [0.1, 0.15) is 11.5 Å². The summed E-state index contributed by atoms with van der Waals surface area (Å²) >= 11 is 0. The zero-order valence-electron chi connectivity index (χ0n) is 15.1. The predicted octanol–water partition coefficient (Wildman–Crippen LogP) is 4.00. The van der Waals surface area contributed by atoms with Gasteiger partial charge in [0.05, 0.1) is 17.7 Å². The van der Waals surface area contributed by atoms with E-state index in [0.717, 1.165) is 13.1 Å². The van der Waals surface area contributed by atoms with Crippen LogP contribution in [0.25, 0.3) is 0 Å². The Balaban J connectivity index is 0.00000210. The predicted molar refractivity (Wildman–Crippen MR) is 107 cm³/mol. The number of nitrogens with zero attached hydrogens (tertiary/aromatic N) is 2. The summed E-state index contributed by atoms with van der Waals surface area (Å²) in [5, 5.41) is 22.8. The standard InChI is InChI=1S/C19H18F3N3O2.2ClH/c20-19(21,22)27-15-4-2-14(3-5-15)18(25-9-7-24-8-10-25)16-11-13(12-23)1-6-17(16)26;;/h1-6,11,18,24,26H,7-10H2;2*1H/t18-;;/m0../s1. The van der Waals surface area contributed by atoms with Crippen LogP contribution in [0.15, 0.2) is 42.5 Å². The highest BCUT2D eigenvalue weighted by atomic mass is 35.5. The van der Waals surface area contributed by atoms with Crippen molar-refractivity contribution in [2.75, 3.05) is 26.2 Å². The summed E-state index contributed by atoms with van der Waals surface area (Å²) in [6, 6.07) is 11.9. The maximum Gasteiger partial charge on any atom is 0.573 e. The molecule has 0 bridgehead atoms. The van der Waals surface area contributed by atoms with Gasteiger partial charge in [0.2, 0.25) is 0 Å². The maximum atomic E-state index is 12.4. The van der Waals surface area contributed by atoms with Gasteiger partial charge >= 0.3 is 6.36 Å². The first-order valence-electron chi connectivity index (χ1n) is 8.41. The largest absolute Gasteiger partial charge is 0.573 e. The van der Waals surface area contributed by atoms with Gasteiger partial charge in [0.15, 0.2) is 0 Å². The quantitative estimate of drug-likeness (QED) is 0.737. The van der Waals surface area contributed by atoms with Gasteiger partial charge in [-0.25, -0.2) is 0 Å². The monoisotopic (exact) mass is 449 g/mol. The molecule has 3 rings (SSSR count). The molecule has 1 saturated heterocycles. The fraction of sp³-hybridized carbons (Fsp3) is 0.316. The SMILES string of the molecule is Cl.Cl.N#Cc1ccc(O)c([C@H](c2ccc(OC(F)(F)F)cc2)N2CCNCC2)c1. The fourth-order valence-electron chi connectivity index (χ4n) is 3.22. The minimum Gasteiger partial charge on any atom is -0.508 e. The zero-order valence-corrected chi connectivity index (χ0v) is 16.8. The Morgan fingerprint density at radius 3 is 2.24 bits per heavy atom. The lowest BCUT2D eigenvalue weighted by atomic mass is 9.94. The third-order valence-corrected chi connectivity index (χ3v) is 4.40. The molecule has 0 aliphatic carbocycles. The molecule has 10 heteroatoms. The van der Waals surface area contributed by atoms with Crippen molar-refractivity contribution in [3.63, 3.8) is 0 Å². The molecule has 1 heterocycles. The Kier molecular flexibility index (Phi) is 9.05. The Morgan fingerprint density at radius 2 is 1.69 bits per heavy atom. The summed E-state index contributed by atoms with van der Waals surface area (Å²) in [6.45, 7) is 2.90. The molecule has 0 unspecified atom stereocenters. The van der Waals surface area contributed by atoms with Crippen molar-refractivity contribution < 1.29 is 23.0 Å². The highest BCUT2D eigenvalue weighted by molar-refractivity contribution is 5.85. The second-order valence-electron chi connectivity index (χ2n) is 6.19. The van der Waals surface area contributed by atoms with E-state index in [1.54, 1.807) is 18.2 Å². The van der Waals surface area contributed by atoms with Gasteiger partial charge in [-0.05, 0) is 35.9 Å². The van der Waals surface area contributed by atoms with E-state index in [2.05, 4.69) is 21.0 Å². The molecular weight excluding hydrogens is 430 g/mol. The molecule has 0 saturated carbocycles. The number of alkyl halides is 3. The maximum absolute atomic E-state index is 12.4. The number of benzene rings is 2. The summed E-state index contributed by atoms with van der Waals surface area (Å²) in [7, 11) is 0. The topological polar surface area (TPSA) is 68.5 Å². The molecule has 158 valence electrons. The molecule has 2 aromatic rings. The number of hydrogen-bond donors (Lipinski definition) is 2. The van der Waals surface area contributed by atoms with Crippen molar-refractivity contribution in [2.45, 2.75) is 12.4 Å². The van der Waals surface area contributed by atoms with E-state index in [1.165, 1.54) is 24.3 Å². The number of aromatic hydroxyl groups is 1. The van der Waals surface area contributed by atoms with Crippen molar-refractivity contribution in [3.8, 4) is 17.6 Å². The van der Waals surface area contributed by atoms with E-state index in [1.807, 2.05) is 0 Å². The van der Waals surface area contributed by atoms with E-state index in [0.29, 0.717) is 29.8 Å². The fourth-order valence-corrected chi connectivity index (χ4v) is 3.22. The van der Waals surface area contributed by atoms with Crippen molar-refractivity contribution in [3.05, 3.63) is 59.2 Å². The number of phenols is 1. The van der Waals surface area contributed by atoms with Gasteiger partial charge < -0.3 is 15.2 Å². The first-order chi connectivity index (χ1) is 12.9. The molecule has 0 aromatic heterocycles. The number of piperazine rings is 1. The van der Waals surface area contributed by atoms with Gasteiger partial charge in [0.25, 0.3) is 0 Å². The molecule has 1 atom stereocenters. The second kappa shape index (κ2) is 10.6. The van der Waals surface area contributed by atoms with E-state index in [9.17, 15) is 23.5 Å². The number of nitriles is 1. The van der Waals surface area contributed by atoms with Crippen LogP contribution in [0.5, 0.6) is 11.5 Å². The van der Waals surface area contributed by atoms with Crippen molar-refractivity contribution in [2.24, 2.45) is 0 Å². The van der Waals surface area contributed by atoms with E-state index in [-0.39, 0.29) is 42.4 Å². The summed E-state index contributed by atoms with van der Waals surface area (Å²) in [5.41, 5.74) is 1.65. The third kappa shape index (κ3) is 6.41. The van der Waals surface area contributed by atoms with Crippen LogP contribution < -0.4 is 10.1 Å². The minimum absolute atomic E-state index is 0. The number of rotatable bonds is 4. The molecule has 0 amide bonds. The second-order valence-corrected chi connectivity index (χ2v) is 6.19. The van der Waals surface area contributed by atoms with Gasteiger partial charge in [-0.2, -0.15) is 5.26 Å². The van der Waals surface area contributed by atoms with Crippen molar-refractivity contribution in [1.82, 2.24) is 10.2 Å². The van der Waals surface area contributed by atoms with Gasteiger partial charge in [-0.1, -0.05) is 12.1 Å². The van der Waals surface area contributed by atoms with E-state index in [4.69, 9.17) is 0 Å². The molecule has 1 aliphatic heterocycles. The minimum atomic E-state index is -4.75. The lowest BCUT2D eigenvalue weighted by Crippen LogP contribution is -2.45. The molecule has 2 aromatic carbocycles. The van der Waals surface area contributed by atoms with Crippen LogP contribution in [0.2, 0.25) is 0 Å². The molecule has 0 spiro atoms. The number of halogens is 5. The van der Waals surface area contributed by atoms with Crippen LogP contribution in [0.4, 0.5) is 13.2 Å². The molecule has 1 aliphatic rings. The number of nitrogens with one attached hydrogen (secondary N) is 1. The number of ether oxygens (including phenoxy) is 1. The molecular formula is C19H20Cl2F3N3O2. The summed E-state index contributed by atoms with van der Waals surface area (Å²) < 4.78 is 41.1. The highest BCUT2D eigenvalue weighted by Gasteiger charge is 2.31. The Hall–Kier alpha value is -2.18. The summed E-state index contributed by atoms with van der Waals surface area (Å²) in [5.74, 6) is -0.270. The van der Waals surface area contributed by atoms with Gasteiger partial charge in [0, 0.05) is 31.7 Å². The molecule has 5 nitrogen and oxygen atoms in total. The average molecular weight is 450 g/mol. The Bertz CT molecular complexity index is 836. The normalized spacial score (nSPS) is 15.4. The van der Waals surface area contributed by atoms with Crippen LogP contribution in [-0.4, -0.2) is 42.5 Å². The van der Waals surface area contributed by atoms with Gasteiger partial charge in [-0.3, -0.25) is 4.90 Å². The van der Waals surface area contributed by atoms with Gasteiger partial charge in [-0.15, -0.1) is 38.0 Å². The molecule has 1 fully saturated rings. The lowest BCUT2D eigenvalue weighted by Gasteiger charge is -2.36. The van der Waals surface area contributed by atoms with Crippen molar-refractivity contribution in [1.29, 1.82) is 5.26 Å². The van der Waals surface area contributed by atoms with Crippen LogP contribution in [0.1, 0.15) is 22.7 Å². The first kappa shape index (κ1) is 24.9. The number of phenolic OH excluding ortho intramolecular Hbond substituents is 1. The zero-order chi connectivity index (χ0) is 19.4. The highest BCUT2D eigenvalue weighted by Crippen LogP contribution is 2.36. The Morgan fingerprint density at radius 1 is 1.07 bits per heavy atom. The average Bonchev–Trinajstić information content (AvgIpc) is 2.64. The van der Waals surface area contributed by atoms with Crippen LogP contribution in [0, 0.1) is 11.3 Å². The lowest BCUT2D eigenvalue weighted by molar-refractivity contribution is -0.274. The summed E-state index contributed by atoms with van der Waals surface area (Å²) in [4.78, 5) is 2.12. The van der Waals surface area contributed by atoms with Crippen LogP contribution in [-0.2, 0) is 0 Å². The van der Waals surface area contributed by atoms with Crippen LogP contribution >= 0.6 is 24.8 Å².